The summed E-state index contributed by atoms with van der Waals surface area (Å²) < 4.78 is 2.00. The fourth-order valence-electron chi connectivity index (χ4n) is 3.41. The maximum absolute atomic E-state index is 12.7. The van der Waals surface area contributed by atoms with E-state index in [-0.39, 0.29) is 11.9 Å². The predicted molar refractivity (Wildman–Crippen MR) is 92.3 cm³/mol. The number of nitrogens with one attached hydrogen (secondary N) is 1. The number of likely N-dealkylation sites (tertiary alicyclic amines) is 1. The summed E-state index contributed by atoms with van der Waals surface area (Å²) in [5, 5.41) is 6.64. The fraction of sp³-hybridized carbons (Fsp3) is 0.333. The number of carbonyl (C=O) groups is 1. The van der Waals surface area contributed by atoms with Crippen LogP contribution in [-0.2, 0) is 6.42 Å². The minimum Gasteiger partial charge on any atom is -0.329 e. The second-order valence-electron chi connectivity index (χ2n) is 6.11. The van der Waals surface area contributed by atoms with Crippen LogP contribution in [0.25, 0.3) is 5.82 Å². The number of aromatic amines is 1. The van der Waals surface area contributed by atoms with Gasteiger partial charge < -0.3 is 4.90 Å². The molecule has 1 amide bonds. The fourth-order valence-corrected chi connectivity index (χ4v) is 3.41. The van der Waals surface area contributed by atoms with E-state index in [9.17, 15) is 4.79 Å². The Morgan fingerprint density at radius 2 is 2.24 bits per heavy atom. The predicted octanol–water partition coefficient (Wildman–Crippen LogP) is 2.53. The number of aromatic nitrogens is 5. The summed E-state index contributed by atoms with van der Waals surface area (Å²) in [5.41, 5.74) is 1.43. The molecule has 1 unspecified atom stereocenters. The second-order valence-corrected chi connectivity index (χ2v) is 6.11. The van der Waals surface area contributed by atoms with Gasteiger partial charge in [0, 0.05) is 31.6 Å². The largest absolute Gasteiger partial charge is 0.329 e. The van der Waals surface area contributed by atoms with Crippen LogP contribution >= 0.6 is 0 Å². The molecule has 0 aliphatic carbocycles. The molecule has 0 saturated carbocycles. The molecule has 0 bridgehead atoms. The molecule has 0 radical (unpaired) electrons. The summed E-state index contributed by atoms with van der Waals surface area (Å²) in [4.78, 5) is 23.8. The zero-order valence-electron chi connectivity index (χ0n) is 14.1. The van der Waals surface area contributed by atoms with Crippen LogP contribution in [-0.4, -0.2) is 42.1 Å². The molecule has 3 aromatic rings. The first-order valence-electron chi connectivity index (χ1n) is 8.58. The Kier molecular flexibility index (Phi) is 4.05. The Hall–Kier alpha value is -2.96. The Bertz CT molecular complexity index is 869. The first kappa shape index (κ1) is 15.6. The second kappa shape index (κ2) is 6.51. The lowest BCUT2D eigenvalue weighted by atomic mass is 10.1. The molecule has 128 valence electrons. The normalized spacial score (nSPS) is 17.2. The van der Waals surface area contributed by atoms with Gasteiger partial charge in [0.1, 0.15) is 17.3 Å². The topological polar surface area (TPSA) is 79.7 Å². The molecule has 0 spiro atoms. The molecule has 3 aromatic heterocycles. The Labute approximate surface area is 145 Å². The minimum atomic E-state index is -0.0240. The van der Waals surface area contributed by atoms with Crippen molar-refractivity contribution in [3.8, 4) is 5.82 Å². The molecule has 4 heterocycles. The number of amides is 1. The molecule has 1 fully saturated rings. The van der Waals surface area contributed by atoms with Crippen molar-refractivity contribution >= 4 is 5.91 Å². The van der Waals surface area contributed by atoms with Crippen LogP contribution in [0.4, 0.5) is 0 Å². The van der Waals surface area contributed by atoms with Crippen LogP contribution < -0.4 is 0 Å². The molecule has 7 heteroatoms. The number of hydrogen-bond donors (Lipinski definition) is 1. The van der Waals surface area contributed by atoms with Gasteiger partial charge in [0.05, 0.1) is 11.7 Å². The van der Waals surface area contributed by atoms with Gasteiger partial charge in [-0.1, -0.05) is 13.0 Å². The monoisotopic (exact) mass is 336 g/mol. The third-order valence-corrected chi connectivity index (χ3v) is 4.62. The highest BCUT2D eigenvalue weighted by Crippen LogP contribution is 2.32. The van der Waals surface area contributed by atoms with E-state index in [1.165, 1.54) is 0 Å². The van der Waals surface area contributed by atoms with Crippen molar-refractivity contribution in [2.45, 2.75) is 32.2 Å². The maximum Gasteiger partial charge on any atom is 0.272 e. The average molecular weight is 336 g/mol. The molecule has 7 nitrogen and oxygen atoms in total. The third kappa shape index (κ3) is 2.82. The van der Waals surface area contributed by atoms with Gasteiger partial charge >= 0.3 is 0 Å². The van der Waals surface area contributed by atoms with E-state index < -0.39 is 0 Å². The summed E-state index contributed by atoms with van der Waals surface area (Å²) >= 11 is 0. The molecular formula is C18H20N6O. The van der Waals surface area contributed by atoms with E-state index in [0.717, 1.165) is 43.1 Å². The Morgan fingerprint density at radius 3 is 3.04 bits per heavy atom. The van der Waals surface area contributed by atoms with Gasteiger partial charge in [-0.25, -0.2) is 9.97 Å². The Balaban J connectivity index is 1.65. The molecular weight excluding hydrogens is 316 g/mol. The smallest absolute Gasteiger partial charge is 0.272 e. The van der Waals surface area contributed by atoms with Crippen LogP contribution in [0.2, 0.25) is 0 Å². The zero-order valence-corrected chi connectivity index (χ0v) is 14.1. The highest BCUT2D eigenvalue weighted by atomic mass is 16.2. The highest BCUT2D eigenvalue weighted by molar-refractivity contribution is 5.92. The highest BCUT2D eigenvalue weighted by Gasteiger charge is 2.32. The van der Waals surface area contributed by atoms with Crippen LogP contribution in [0, 0.1) is 0 Å². The third-order valence-electron chi connectivity index (χ3n) is 4.62. The molecule has 25 heavy (non-hydrogen) atoms. The van der Waals surface area contributed by atoms with Crippen LogP contribution in [0.1, 0.15) is 47.8 Å². The van der Waals surface area contributed by atoms with Crippen molar-refractivity contribution < 1.29 is 4.79 Å². The summed E-state index contributed by atoms with van der Waals surface area (Å²) in [6.45, 7) is 2.81. The molecule has 1 aliphatic heterocycles. The van der Waals surface area contributed by atoms with Gasteiger partial charge in [0.2, 0.25) is 0 Å². The van der Waals surface area contributed by atoms with Crippen LogP contribution in [0.5, 0.6) is 0 Å². The van der Waals surface area contributed by atoms with E-state index >= 15 is 0 Å². The van der Waals surface area contributed by atoms with E-state index in [4.69, 9.17) is 4.98 Å². The van der Waals surface area contributed by atoms with E-state index in [1.807, 2.05) is 33.9 Å². The molecule has 1 aliphatic rings. The lowest BCUT2D eigenvalue weighted by Gasteiger charge is -2.24. The standard InChI is InChI=1S/C18H20N6O/c1-2-16-19-10-12-24(16)17-7-3-5-13(21-17)15-6-4-11-23(15)18(25)14-8-9-20-22-14/h3,5,7-10,12,15H,2,4,6,11H2,1H3,(H,20,22). The molecule has 1 saturated heterocycles. The zero-order chi connectivity index (χ0) is 17.2. The van der Waals surface area contributed by atoms with Crippen LogP contribution in [0.3, 0.4) is 0 Å². The van der Waals surface area contributed by atoms with Crippen molar-refractivity contribution in [2.75, 3.05) is 6.54 Å². The number of carbonyl (C=O) groups excluding carboxylic acids is 1. The number of imidazole rings is 1. The SMILES string of the molecule is CCc1nccn1-c1cccc(C2CCCN2C(=O)c2ccn[nH]2)n1. The first-order chi connectivity index (χ1) is 12.3. The number of nitrogens with zero attached hydrogens (tertiary/aromatic N) is 5. The van der Waals surface area contributed by atoms with Gasteiger partial charge in [-0.3, -0.25) is 14.5 Å². The molecule has 0 aromatic carbocycles. The number of H-pyrrole nitrogens is 1. The number of rotatable bonds is 4. The van der Waals surface area contributed by atoms with E-state index in [0.29, 0.717) is 5.69 Å². The number of hydrogen-bond acceptors (Lipinski definition) is 4. The van der Waals surface area contributed by atoms with Crippen LogP contribution in [0.15, 0.2) is 42.9 Å². The van der Waals surface area contributed by atoms with Gasteiger partial charge in [0.25, 0.3) is 5.91 Å². The minimum absolute atomic E-state index is 0.00986. The lowest BCUT2D eigenvalue weighted by molar-refractivity contribution is 0.0727. The van der Waals surface area contributed by atoms with Crippen molar-refractivity contribution in [3.05, 3.63) is 60.1 Å². The van der Waals surface area contributed by atoms with E-state index in [1.54, 1.807) is 18.5 Å². The Morgan fingerprint density at radius 1 is 1.32 bits per heavy atom. The van der Waals surface area contributed by atoms with E-state index in [2.05, 4.69) is 22.1 Å². The lowest BCUT2D eigenvalue weighted by Crippen LogP contribution is -2.31. The van der Waals surface area contributed by atoms with Crippen molar-refractivity contribution in [3.63, 3.8) is 0 Å². The van der Waals surface area contributed by atoms with Gasteiger partial charge in [-0.15, -0.1) is 0 Å². The van der Waals surface area contributed by atoms with Gasteiger partial charge in [0.15, 0.2) is 0 Å². The molecule has 1 N–H and O–H groups in total. The van der Waals surface area contributed by atoms with Crippen molar-refractivity contribution in [2.24, 2.45) is 0 Å². The summed E-state index contributed by atoms with van der Waals surface area (Å²) in [7, 11) is 0. The summed E-state index contributed by atoms with van der Waals surface area (Å²) in [6.07, 6.45) is 8.04. The maximum atomic E-state index is 12.7. The molecule has 1 atom stereocenters. The quantitative estimate of drug-likeness (QED) is 0.794. The van der Waals surface area contributed by atoms with Gasteiger partial charge in [-0.2, -0.15) is 5.10 Å². The number of aryl methyl sites for hydroxylation is 1. The van der Waals surface area contributed by atoms with Crippen molar-refractivity contribution in [1.82, 2.24) is 29.6 Å². The summed E-state index contributed by atoms with van der Waals surface area (Å²) in [5.74, 6) is 1.79. The molecule has 4 rings (SSSR count). The first-order valence-corrected chi connectivity index (χ1v) is 8.58. The van der Waals surface area contributed by atoms with Crippen molar-refractivity contribution in [1.29, 1.82) is 0 Å². The summed E-state index contributed by atoms with van der Waals surface area (Å²) in [6, 6.07) is 7.66. The average Bonchev–Trinajstić information content (AvgIpc) is 3.42. The number of pyridine rings is 1. The van der Waals surface area contributed by atoms with Gasteiger partial charge in [-0.05, 0) is 31.0 Å².